The standard InChI is InChI=1S/C13H11ClF2N2S/c14-9-1-2-10(15)8(12(9)16)5-7-3-4-18-11(7)6-17-13(18)19/h1-2,6-7H,3-5H2,(H,17,19). The number of aromatic nitrogens is 2. The van der Waals surface area contributed by atoms with Gasteiger partial charge in [-0.15, -0.1) is 0 Å². The molecule has 100 valence electrons. The van der Waals surface area contributed by atoms with Crippen LogP contribution in [0.2, 0.25) is 5.02 Å². The van der Waals surface area contributed by atoms with Gasteiger partial charge in [-0.3, -0.25) is 0 Å². The van der Waals surface area contributed by atoms with Crippen molar-refractivity contribution in [3.8, 4) is 0 Å². The lowest BCUT2D eigenvalue weighted by Gasteiger charge is -2.11. The Morgan fingerprint density at radius 2 is 2.21 bits per heavy atom. The highest BCUT2D eigenvalue weighted by molar-refractivity contribution is 7.71. The molecule has 2 aromatic rings. The number of nitrogens with zero attached hydrogens (tertiary/aromatic N) is 1. The number of halogens is 3. The van der Waals surface area contributed by atoms with Gasteiger partial charge >= 0.3 is 0 Å². The van der Waals surface area contributed by atoms with Crippen LogP contribution in [0.4, 0.5) is 8.78 Å². The zero-order valence-electron chi connectivity index (χ0n) is 9.92. The molecule has 0 saturated heterocycles. The number of nitrogens with one attached hydrogen (secondary N) is 1. The first-order valence-electron chi connectivity index (χ1n) is 5.98. The van der Waals surface area contributed by atoms with Crippen molar-refractivity contribution in [2.45, 2.75) is 25.3 Å². The fraction of sp³-hybridized carbons (Fsp3) is 0.308. The maximum Gasteiger partial charge on any atom is 0.177 e. The van der Waals surface area contributed by atoms with Crippen LogP contribution in [0.25, 0.3) is 0 Å². The quantitative estimate of drug-likeness (QED) is 0.651. The molecule has 1 N–H and O–H groups in total. The third-order valence-electron chi connectivity index (χ3n) is 3.61. The number of hydrogen-bond donors (Lipinski definition) is 1. The number of imidazole rings is 1. The van der Waals surface area contributed by atoms with Gasteiger partial charge in [0.05, 0.1) is 5.02 Å². The fourth-order valence-corrected chi connectivity index (χ4v) is 3.05. The molecule has 0 fully saturated rings. The van der Waals surface area contributed by atoms with Gasteiger partial charge in [-0.05, 0) is 37.2 Å². The van der Waals surface area contributed by atoms with Gasteiger partial charge in [-0.2, -0.15) is 0 Å². The first kappa shape index (κ1) is 12.8. The summed E-state index contributed by atoms with van der Waals surface area (Å²) in [7, 11) is 0. The third-order valence-corrected chi connectivity index (χ3v) is 4.24. The van der Waals surface area contributed by atoms with Crippen LogP contribution < -0.4 is 0 Å². The monoisotopic (exact) mass is 300 g/mol. The molecular formula is C13H11ClF2N2S. The van der Waals surface area contributed by atoms with E-state index in [0.29, 0.717) is 11.2 Å². The Labute approximate surface area is 119 Å². The van der Waals surface area contributed by atoms with E-state index in [1.165, 1.54) is 12.1 Å². The molecule has 0 spiro atoms. The van der Waals surface area contributed by atoms with Crippen LogP contribution >= 0.6 is 23.8 Å². The maximum atomic E-state index is 13.9. The molecule has 19 heavy (non-hydrogen) atoms. The lowest BCUT2D eigenvalue weighted by Crippen LogP contribution is -2.04. The Kier molecular flexibility index (Phi) is 3.19. The van der Waals surface area contributed by atoms with Crippen molar-refractivity contribution in [3.63, 3.8) is 0 Å². The number of H-pyrrole nitrogens is 1. The van der Waals surface area contributed by atoms with E-state index >= 15 is 0 Å². The van der Waals surface area contributed by atoms with E-state index in [9.17, 15) is 8.78 Å². The molecule has 1 aromatic carbocycles. The summed E-state index contributed by atoms with van der Waals surface area (Å²) in [4.78, 5) is 2.96. The first-order chi connectivity index (χ1) is 9.08. The predicted octanol–water partition coefficient (Wildman–Crippen LogP) is 4.21. The maximum absolute atomic E-state index is 13.9. The highest BCUT2D eigenvalue weighted by Crippen LogP contribution is 2.33. The van der Waals surface area contributed by atoms with Crippen molar-refractivity contribution in [1.29, 1.82) is 0 Å². The van der Waals surface area contributed by atoms with Crippen LogP contribution in [0.5, 0.6) is 0 Å². The summed E-state index contributed by atoms with van der Waals surface area (Å²) in [5.74, 6) is -1.14. The van der Waals surface area contributed by atoms with Gasteiger partial charge in [0.2, 0.25) is 0 Å². The molecule has 1 unspecified atom stereocenters. The molecule has 0 amide bonds. The van der Waals surface area contributed by atoms with Gasteiger partial charge in [0, 0.05) is 29.9 Å². The minimum atomic E-state index is -0.658. The second kappa shape index (κ2) is 4.72. The number of fused-ring (bicyclic) bond motifs is 1. The Balaban J connectivity index is 1.96. The van der Waals surface area contributed by atoms with Gasteiger partial charge in [0.25, 0.3) is 0 Å². The van der Waals surface area contributed by atoms with E-state index in [1.807, 2.05) is 10.8 Å². The Hall–Kier alpha value is -1.20. The molecule has 2 nitrogen and oxygen atoms in total. The summed E-state index contributed by atoms with van der Waals surface area (Å²) in [5.41, 5.74) is 1.06. The summed E-state index contributed by atoms with van der Waals surface area (Å²) in [6.45, 7) is 0.784. The van der Waals surface area contributed by atoms with Gasteiger partial charge in [-0.25, -0.2) is 8.78 Å². The topological polar surface area (TPSA) is 20.7 Å². The molecule has 0 radical (unpaired) electrons. The van der Waals surface area contributed by atoms with Crippen molar-refractivity contribution >= 4 is 23.8 Å². The van der Waals surface area contributed by atoms with Crippen LogP contribution in [0, 0.1) is 16.4 Å². The highest BCUT2D eigenvalue weighted by atomic mass is 35.5. The van der Waals surface area contributed by atoms with E-state index in [-0.39, 0.29) is 16.5 Å². The minimum absolute atomic E-state index is 0.0414. The third kappa shape index (κ3) is 2.11. The summed E-state index contributed by atoms with van der Waals surface area (Å²) >= 11 is 10.8. The number of benzene rings is 1. The van der Waals surface area contributed by atoms with E-state index in [0.717, 1.165) is 18.7 Å². The fourth-order valence-electron chi connectivity index (χ4n) is 2.62. The zero-order valence-corrected chi connectivity index (χ0v) is 11.5. The molecule has 1 aromatic heterocycles. The smallest absolute Gasteiger partial charge is 0.177 e. The molecule has 0 bridgehead atoms. The van der Waals surface area contributed by atoms with Crippen LogP contribution in [-0.4, -0.2) is 9.55 Å². The average Bonchev–Trinajstić information content (AvgIpc) is 2.94. The summed E-state index contributed by atoms with van der Waals surface area (Å²) in [6, 6.07) is 2.45. The number of hydrogen-bond acceptors (Lipinski definition) is 1. The molecule has 2 heterocycles. The van der Waals surface area contributed by atoms with Gasteiger partial charge < -0.3 is 9.55 Å². The average molecular weight is 301 g/mol. The molecule has 1 atom stereocenters. The van der Waals surface area contributed by atoms with E-state index in [4.69, 9.17) is 23.8 Å². The van der Waals surface area contributed by atoms with Crippen molar-refractivity contribution in [3.05, 3.63) is 51.0 Å². The Morgan fingerprint density at radius 3 is 3.00 bits per heavy atom. The molecular weight excluding hydrogens is 290 g/mol. The minimum Gasteiger partial charge on any atom is -0.337 e. The van der Waals surface area contributed by atoms with Gasteiger partial charge in [0.15, 0.2) is 4.77 Å². The lowest BCUT2D eigenvalue weighted by atomic mass is 9.95. The molecule has 1 aliphatic heterocycles. The second-order valence-electron chi connectivity index (χ2n) is 4.68. The second-order valence-corrected chi connectivity index (χ2v) is 5.48. The predicted molar refractivity (Wildman–Crippen MR) is 72.0 cm³/mol. The largest absolute Gasteiger partial charge is 0.337 e. The van der Waals surface area contributed by atoms with Crippen molar-refractivity contribution < 1.29 is 8.78 Å². The molecule has 6 heteroatoms. The highest BCUT2D eigenvalue weighted by Gasteiger charge is 2.26. The van der Waals surface area contributed by atoms with E-state index < -0.39 is 11.6 Å². The SMILES string of the molecule is Fc1ccc(Cl)c(F)c1CC1CCn2c1c[nH]c2=S. The normalized spacial score (nSPS) is 17.7. The van der Waals surface area contributed by atoms with Crippen molar-refractivity contribution in [1.82, 2.24) is 9.55 Å². The van der Waals surface area contributed by atoms with Crippen LogP contribution in [0.15, 0.2) is 18.3 Å². The number of rotatable bonds is 2. The van der Waals surface area contributed by atoms with Gasteiger partial charge in [0.1, 0.15) is 11.6 Å². The van der Waals surface area contributed by atoms with Crippen LogP contribution in [-0.2, 0) is 13.0 Å². The molecule has 1 aliphatic rings. The van der Waals surface area contributed by atoms with E-state index in [1.54, 1.807) is 0 Å². The molecule has 0 saturated carbocycles. The van der Waals surface area contributed by atoms with Crippen molar-refractivity contribution in [2.75, 3.05) is 0 Å². The number of aromatic amines is 1. The Morgan fingerprint density at radius 1 is 1.42 bits per heavy atom. The summed E-state index contributed by atoms with van der Waals surface area (Å²) < 4.78 is 30.3. The molecule has 3 rings (SSSR count). The first-order valence-corrected chi connectivity index (χ1v) is 6.77. The zero-order chi connectivity index (χ0) is 13.6. The van der Waals surface area contributed by atoms with Gasteiger partial charge in [-0.1, -0.05) is 11.6 Å². The van der Waals surface area contributed by atoms with Crippen molar-refractivity contribution in [2.24, 2.45) is 0 Å². The van der Waals surface area contributed by atoms with Crippen LogP contribution in [0.1, 0.15) is 23.6 Å². The summed E-state index contributed by atoms with van der Waals surface area (Å²) in [5, 5.41) is -0.0414. The van der Waals surface area contributed by atoms with E-state index in [2.05, 4.69) is 4.98 Å². The lowest BCUT2D eigenvalue weighted by molar-refractivity contribution is 0.535. The van der Waals surface area contributed by atoms with Crippen LogP contribution in [0.3, 0.4) is 0 Å². The molecule has 0 aliphatic carbocycles. The summed E-state index contributed by atoms with van der Waals surface area (Å²) in [6.07, 6.45) is 2.95. The Bertz CT molecular complexity index is 692.